The van der Waals surface area contributed by atoms with Gasteiger partial charge in [-0.15, -0.1) is 0 Å². The van der Waals surface area contributed by atoms with Gasteiger partial charge in [0.25, 0.3) is 0 Å². The van der Waals surface area contributed by atoms with E-state index in [1.807, 2.05) is 24.3 Å². The van der Waals surface area contributed by atoms with Gasteiger partial charge < -0.3 is 10.4 Å². The van der Waals surface area contributed by atoms with E-state index in [-0.39, 0.29) is 24.7 Å². The highest BCUT2D eigenvalue weighted by Crippen LogP contribution is 2.10. The Kier molecular flexibility index (Phi) is 6.36. The molecule has 1 aromatic rings. The highest BCUT2D eigenvalue weighted by Gasteiger charge is 2.12. The maximum Gasteiger partial charge on any atom is 0.303 e. The first-order valence-electron chi connectivity index (χ1n) is 6.20. The van der Waals surface area contributed by atoms with E-state index in [9.17, 15) is 9.59 Å². The molecule has 1 aromatic carbocycles. The summed E-state index contributed by atoms with van der Waals surface area (Å²) < 4.78 is 0. The summed E-state index contributed by atoms with van der Waals surface area (Å²) in [5.74, 6) is -1.13. The Labute approximate surface area is 117 Å². The van der Waals surface area contributed by atoms with Crippen LogP contribution in [0.25, 0.3) is 0 Å². The second-order valence-electron chi connectivity index (χ2n) is 4.63. The van der Waals surface area contributed by atoms with Crippen molar-refractivity contribution in [1.82, 2.24) is 5.32 Å². The Morgan fingerprint density at radius 1 is 1.26 bits per heavy atom. The van der Waals surface area contributed by atoms with Crippen LogP contribution >= 0.6 is 11.6 Å². The summed E-state index contributed by atoms with van der Waals surface area (Å²) in [7, 11) is 0. The van der Waals surface area contributed by atoms with Gasteiger partial charge in [-0.3, -0.25) is 9.59 Å². The van der Waals surface area contributed by atoms with Crippen LogP contribution in [0.15, 0.2) is 24.3 Å². The standard InChI is InChI=1S/C14H18ClNO3/c1-10(9-14(18)19)8-13(17)16-7-6-11-2-4-12(15)5-3-11/h2-5,10H,6-9H2,1H3,(H,16,17)(H,18,19)/t10-/m0/s1. The van der Waals surface area contributed by atoms with Crippen LogP contribution in [0.5, 0.6) is 0 Å². The van der Waals surface area contributed by atoms with E-state index < -0.39 is 5.97 Å². The SMILES string of the molecule is C[C@H](CC(=O)O)CC(=O)NCCc1ccc(Cl)cc1. The van der Waals surface area contributed by atoms with Crippen LogP contribution in [0.3, 0.4) is 0 Å². The molecule has 5 heteroatoms. The number of carbonyl (C=O) groups excluding carboxylic acids is 1. The number of carbonyl (C=O) groups is 2. The highest BCUT2D eigenvalue weighted by atomic mass is 35.5. The third-order valence-electron chi connectivity index (χ3n) is 2.71. The first kappa shape index (κ1) is 15.5. The van der Waals surface area contributed by atoms with Gasteiger partial charge in [0, 0.05) is 24.4 Å². The second-order valence-corrected chi connectivity index (χ2v) is 5.07. The summed E-state index contributed by atoms with van der Waals surface area (Å²) in [6.45, 7) is 2.30. The molecule has 19 heavy (non-hydrogen) atoms. The summed E-state index contributed by atoms with van der Waals surface area (Å²) in [6.07, 6.45) is 0.994. The van der Waals surface area contributed by atoms with Crippen LogP contribution in [-0.4, -0.2) is 23.5 Å². The molecule has 0 spiro atoms. The van der Waals surface area contributed by atoms with Crippen LogP contribution in [0.2, 0.25) is 5.02 Å². The Hall–Kier alpha value is -1.55. The number of carboxylic acid groups (broad SMARTS) is 1. The molecule has 0 fully saturated rings. The van der Waals surface area contributed by atoms with Gasteiger partial charge in [-0.1, -0.05) is 30.7 Å². The summed E-state index contributed by atoms with van der Waals surface area (Å²) in [5.41, 5.74) is 1.10. The normalized spacial score (nSPS) is 11.9. The number of halogens is 1. The lowest BCUT2D eigenvalue weighted by molar-refractivity contribution is -0.138. The molecule has 0 aliphatic carbocycles. The van der Waals surface area contributed by atoms with Crippen molar-refractivity contribution < 1.29 is 14.7 Å². The van der Waals surface area contributed by atoms with Crippen LogP contribution < -0.4 is 5.32 Å². The van der Waals surface area contributed by atoms with E-state index in [1.165, 1.54) is 0 Å². The minimum atomic E-state index is -0.874. The summed E-state index contributed by atoms with van der Waals surface area (Å²) in [5, 5.41) is 12.1. The molecule has 4 nitrogen and oxygen atoms in total. The summed E-state index contributed by atoms with van der Waals surface area (Å²) in [4.78, 5) is 22.0. The van der Waals surface area contributed by atoms with E-state index in [1.54, 1.807) is 6.92 Å². The van der Waals surface area contributed by atoms with Gasteiger partial charge in [0.15, 0.2) is 0 Å². The molecule has 0 bridgehead atoms. The number of hydrogen-bond donors (Lipinski definition) is 2. The van der Waals surface area contributed by atoms with Crippen LogP contribution in [0, 0.1) is 5.92 Å². The maximum atomic E-state index is 11.6. The third kappa shape index (κ3) is 6.82. The molecule has 0 aliphatic heterocycles. The van der Waals surface area contributed by atoms with Gasteiger partial charge in [0.05, 0.1) is 0 Å². The molecule has 0 unspecified atom stereocenters. The Bertz CT molecular complexity index is 431. The fourth-order valence-electron chi connectivity index (χ4n) is 1.76. The minimum absolute atomic E-state index is 0.0185. The van der Waals surface area contributed by atoms with Crippen LogP contribution in [0.1, 0.15) is 25.3 Å². The largest absolute Gasteiger partial charge is 0.481 e. The average Bonchev–Trinajstić information content (AvgIpc) is 2.30. The molecule has 1 atom stereocenters. The van der Waals surface area contributed by atoms with Crippen molar-refractivity contribution in [2.45, 2.75) is 26.2 Å². The van der Waals surface area contributed by atoms with E-state index in [4.69, 9.17) is 16.7 Å². The molecule has 0 saturated heterocycles. The van der Waals surface area contributed by atoms with E-state index >= 15 is 0 Å². The zero-order valence-electron chi connectivity index (χ0n) is 10.9. The van der Waals surface area contributed by atoms with Gasteiger partial charge in [0.2, 0.25) is 5.91 Å². The van der Waals surface area contributed by atoms with E-state index in [0.717, 1.165) is 12.0 Å². The molecule has 104 valence electrons. The molecule has 0 saturated carbocycles. The number of hydrogen-bond acceptors (Lipinski definition) is 2. The highest BCUT2D eigenvalue weighted by molar-refractivity contribution is 6.30. The molecule has 0 aliphatic rings. The van der Waals surface area contributed by atoms with Gasteiger partial charge in [-0.2, -0.15) is 0 Å². The second kappa shape index (κ2) is 7.79. The summed E-state index contributed by atoms with van der Waals surface area (Å²) in [6, 6.07) is 7.46. The molecule has 0 heterocycles. The molecular weight excluding hydrogens is 266 g/mol. The molecule has 0 radical (unpaired) electrons. The van der Waals surface area contributed by atoms with Crippen LogP contribution in [-0.2, 0) is 16.0 Å². The van der Waals surface area contributed by atoms with Crippen molar-refractivity contribution in [2.24, 2.45) is 5.92 Å². The van der Waals surface area contributed by atoms with Gasteiger partial charge in [-0.25, -0.2) is 0 Å². The minimum Gasteiger partial charge on any atom is -0.481 e. The molecule has 0 aromatic heterocycles. The Balaban J connectivity index is 2.23. The fraction of sp³-hybridized carbons (Fsp3) is 0.429. The lowest BCUT2D eigenvalue weighted by Crippen LogP contribution is -2.27. The van der Waals surface area contributed by atoms with Crippen molar-refractivity contribution in [3.63, 3.8) is 0 Å². The average molecular weight is 284 g/mol. The smallest absolute Gasteiger partial charge is 0.303 e. The first-order chi connectivity index (χ1) is 8.97. The lowest BCUT2D eigenvalue weighted by Gasteiger charge is -2.09. The number of nitrogens with one attached hydrogen (secondary N) is 1. The molecule has 1 rings (SSSR count). The predicted octanol–water partition coefficient (Wildman–Crippen LogP) is 2.50. The molecule has 2 N–H and O–H groups in total. The van der Waals surface area contributed by atoms with Crippen molar-refractivity contribution in [1.29, 1.82) is 0 Å². The zero-order valence-corrected chi connectivity index (χ0v) is 11.6. The van der Waals surface area contributed by atoms with Gasteiger partial charge >= 0.3 is 5.97 Å². The molecular formula is C14H18ClNO3. The summed E-state index contributed by atoms with van der Waals surface area (Å²) >= 11 is 5.78. The monoisotopic (exact) mass is 283 g/mol. The number of rotatable bonds is 7. The zero-order chi connectivity index (χ0) is 14.3. The van der Waals surface area contributed by atoms with Gasteiger partial charge in [0.1, 0.15) is 0 Å². The van der Waals surface area contributed by atoms with Crippen molar-refractivity contribution in [3.8, 4) is 0 Å². The van der Waals surface area contributed by atoms with Crippen LogP contribution in [0.4, 0.5) is 0 Å². The Morgan fingerprint density at radius 2 is 1.89 bits per heavy atom. The number of aliphatic carboxylic acids is 1. The third-order valence-corrected chi connectivity index (χ3v) is 2.96. The van der Waals surface area contributed by atoms with E-state index in [2.05, 4.69) is 5.32 Å². The maximum absolute atomic E-state index is 11.6. The van der Waals surface area contributed by atoms with Crippen molar-refractivity contribution in [2.75, 3.05) is 6.54 Å². The number of benzene rings is 1. The predicted molar refractivity (Wildman–Crippen MR) is 74.2 cm³/mol. The number of amides is 1. The van der Waals surface area contributed by atoms with Crippen molar-refractivity contribution in [3.05, 3.63) is 34.9 Å². The first-order valence-corrected chi connectivity index (χ1v) is 6.58. The Morgan fingerprint density at radius 3 is 2.47 bits per heavy atom. The fourth-order valence-corrected chi connectivity index (χ4v) is 1.88. The lowest BCUT2D eigenvalue weighted by atomic mass is 10.0. The topological polar surface area (TPSA) is 66.4 Å². The quantitative estimate of drug-likeness (QED) is 0.808. The van der Waals surface area contributed by atoms with Crippen molar-refractivity contribution >= 4 is 23.5 Å². The van der Waals surface area contributed by atoms with E-state index in [0.29, 0.717) is 11.6 Å². The molecule has 1 amide bonds. The van der Waals surface area contributed by atoms with Gasteiger partial charge in [-0.05, 0) is 30.0 Å². The number of carboxylic acids is 1.